The molecule has 0 aliphatic carbocycles. The number of ether oxygens (including phenoxy) is 1. The van der Waals surface area contributed by atoms with Gasteiger partial charge in [-0.3, -0.25) is 9.69 Å². The molecule has 0 radical (unpaired) electrons. The number of nitrogens with one attached hydrogen (secondary N) is 1. The highest BCUT2D eigenvalue weighted by atomic mass is 16.5. The Morgan fingerprint density at radius 1 is 1.24 bits per heavy atom. The highest BCUT2D eigenvalue weighted by Crippen LogP contribution is 2.17. The third-order valence-electron chi connectivity index (χ3n) is 4.31. The number of hydrogen-bond acceptors (Lipinski definition) is 5. The second-order valence-electron chi connectivity index (χ2n) is 6.73. The normalized spacial score (nSPS) is 21.2. The maximum absolute atomic E-state index is 12.2. The third-order valence-corrected chi connectivity index (χ3v) is 4.31. The molecule has 1 aromatic carbocycles. The van der Waals surface area contributed by atoms with Gasteiger partial charge in [0.05, 0.1) is 12.2 Å². The summed E-state index contributed by atoms with van der Waals surface area (Å²) in [5.74, 6) is 0.404. The van der Waals surface area contributed by atoms with Gasteiger partial charge >= 0.3 is 0 Å². The summed E-state index contributed by atoms with van der Waals surface area (Å²) in [5, 5.41) is 6.67. The zero-order valence-corrected chi connectivity index (χ0v) is 15.0. The van der Waals surface area contributed by atoms with Crippen molar-refractivity contribution >= 4 is 5.91 Å². The van der Waals surface area contributed by atoms with E-state index in [-0.39, 0.29) is 18.1 Å². The number of rotatable bonds is 5. The van der Waals surface area contributed by atoms with E-state index < -0.39 is 0 Å². The summed E-state index contributed by atoms with van der Waals surface area (Å²) in [6.07, 6.45) is 0.483. The van der Waals surface area contributed by atoms with Crippen LogP contribution in [0.1, 0.15) is 41.2 Å². The SMILES string of the molecule is Cc1cc(C(=O)NCc2ccccc2CN2C[C@@H](C)O[C@@H](C)C2)no1. The van der Waals surface area contributed by atoms with Crippen molar-refractivity contribution < 1.29 is 14.1 Å². The van der Waals surface area contributed by atoms with E-state index in [2.05, 4.69) is 41.4 Å². The molecule has 25 heavy (non-hydrogen) atoms. The predicted octanol–water partition coefficient (Wildman–Crippen LogP) is 2.52. The van der Waals surface area contributed by atoms with Gasteiger partial charge in [0.2, 0.25) is 0 Å². The molecule has 0 bridgehead atoms. The Hall–Kier alpha value is -2.18. The molecule has 0 spiro atoms. The molecule has 2 atom stereocenters. The highest BCUT2D eigenvalue weighted by Gasteiger charge is 2.22. The summed E-state index contributed by atoms with van der Waals surface area (Å²) in [4.78, 5) is 14.6. The Morgan fingerprint density at radius 3 is 2.56 bits per heavy atom. The largest absolute Gasteiger partial charge is 0.373 e. The Labute approximate surface area is 148 Å². The molecule has 1 aromatic heterocycles. The van der Waals surface area contributed by atoms with Crippen LogP contribution < -0.4 is 5.32 Å². The van der Waals surface area contributed by atoms with Crippen molar-refractivity contribution in [2.75, 3.05) is 13.1 Å². The number of carbonyl (C=O) groups is 1. The summed E-state index contributed by atoms with van der Waals surface area (Å²) in [7, 11) is 0. The molecule has 1 N–H and O–H groups in total. The number of amides is 1. The molecular formula is C19H25N3O3. The van der Waals surface area contributed by atoms with Crippen LogP contribution in [0.2, 0.25) is 0 Å². The third kappa shape index (κ3) is 4.67. The molecule has 134 valence electrons. The van der Waals surface area contributed by atoms with Gasteiger partial charge < -0.3 is 14.6 Å². The predicted molar refractivity (Wildman–Crippen MR) is 94.1 cm³/mol. The van der Waals surface area contributed by atoms with Crippen LogP contribution in [0.3, 0.4) is 0 Å². The van der Waals surface area contributed by atoms with Gasteiger partial charge in [0.1, 0.15) is 5.76 Å². The van der Waals surface area contributed by atoms with Crippen LogP contribution >= 0.6 is 0 Å². The monoisotopic (exact) mass is 343 g/mol. The summed E-state index contributed by atoms with van der Waals surface area (Å²) in [6, 6.07) is 9.84. The van der Waals surface area contributed by atoms with Gasteiger partial charge in [0.25, 0.3) is 5.91 Å². The number of benzene rings is 1. The first-order valence-corrected chi connectivity index (χ1v) is 8.67. The standard InChI is InChI=1S/C19H25N3O3/c1-13-8-18(21-25-13)19(23)20-9-16-6-4-5-7-17(16)12-22-10-14(2)24-15(3)11-22/h4-8,14-15H,9-12H2,1-3H3,(H,20,23)/t14-,15+. The van der Waals surface area contributed by atoms with Gasteiger partial charge in [0, 0.05) is 32.2 Å². The van der Waals surface area contributed by atoms with Gasteiger partial charge in [-0.2, -0.15) is 0 Å². The number of morpholine rings is 1. The lowest BCUT2D eigenvalue weighted by molar-refractivity contribution is -0.0705. The second kappa shape index (κ2) is 7.80. The summed E-state index contributed by atoms with van der Waals surface area (Å²) in [6.45, 7) is 9.14. The molecule has 1 fully saturated rings. The van der Waals surface area contributed by atoms with Crippen LogP contribution in [0.25, 0.3) is 0 Å². The highest BCUT2D eigenvalue weighted by molar-refractivity contribution is 5.92. The van der Waals surface area contributed by atoms with Crippen molar-refractivity contribution in [2.45, 2.75) is 46.1 Å². The van der Waals surface area contributed by atoms with Crippen molar-refractivity contribution in [3.63, 3.8) is 0 Å². The second-order valence-corrected chi connectivity index (χ2v) is 6.73. The lowest BCUT2D eigenvalue weighted by Gasteiger charge is -2.35. The quantitative estimate of drug-likeness (QED) is 0.903. The van der Waals surface area contributed by atoms with Crippen molar-refractivity contribution in [2.24, 2.45) is 0 Å². The van der Waals surface area contributed by atoms with E-state index >= 15 is 0 Å². The average Bonchev–Trinajstić information content (AvgIpc) is 2.99. The molecule has 6 nitrogen and oxygen atoms in total. The van der Waals surface area contributed by atoms with E-state index in [9.17, 15) is 4.79 Å². The maximum atomic E-state index is 12.2. The fourth-order valence-corrected chi connectivity index (χ4v) is 3.28. The van der Waals surface area contributed by atoms with Crippen LogP contribution in [0, 0.1) is 6.92 Å². The molecule has 3 rings (SSSR count). The van der Waals surface area contributed by atoms with Crippen LogP contribution in [-0.4, -0.2) is 41.3 Å². The molecule has 2 heterocycles. The molecule has 0 unspecified atom stereocenters. The van der Waals surface area contributed by atoms with Gasteiger partial charge in [-0.15, -0.1) is 0 Å². The zero-order valence-electron chi connectivity index (χ0n) is 15.0. The average molecular weight is 343 g/mol. The van der Waals surface area contributed by atoms with Gasteiger partial charge in [0.15, 0.2) is 5.69 Å². The first-order valence-electron chi connectivity index (χ1n) is 8.67. The van der Waals surface area contributed by atoms with Crippen molar-refractivity contribution in [1.29, 1.82) is 0 Å². The maximum Gasteiger partial charge on any atom is 0.273 e. The number of nitrogens with zero attached hydrogens (tertiary/aromatic N) is 2. The number of aromatic nitrogens is 1. The van der Waals surface area contributed by atoms with E-state index in [0.717, 1.165) is 25.2 Å². The molecule has 1 aliphatic rings. The zero-order chi connectivity index (χ0) is 17.8. The van der Waals surface area contributed by atoms with E-state index in [1.807, 2.05) is 12.1 Å². The van der Waals surface area contributed by atoms with E-state index in [1.54, 1.807) is 13.0 Å². The summed E-state index contributed by atoms with van der Waals surface area (Å²) >= 11 is 0. The van der Waals surface area contributed by atoms with Crippen molar-refractivity contribution in [3.05, 3.63) is 52.9 Å². The number of carbonyl (C=O) groups excluding carboxylic acids is 1. The minimum atomic E-state index is -0.222. The molecule has 1 saturated heterocycles. The van der Waals surface area contributed by atoms with E-state index in [4.69, 9.17) is 9.26 Å². The van der Waals surface area contributed by atoms with Crippen molar-refractivity contribution in [3.8, 4) is 0 Å². The molecule has 1 aliphatic heterocycles. The molecular weight excluding hydrogens is 318 g/mol. The topological polar surface area (TPSA) is 67.6 Å². The fourth-order valence-electron chi connectivity index (χ4n) is 3.28. The summed E-state index contributed by atoms with van der Waals surface area (Å²) < 4.78 is 10.8. The fraction of sp³-hybridized carbons (Fsp3) is 0.474. The first-order chi connectivity index (χ1) is 12.0. The Morgan fingerprint density at radius 2 is 1.92 bits per heavy atom. The lowest BCUT2D eigenvalue weighted by Crippen LogP contribution is -2.45. The lowest BCUT2D eigenvalue weighted by atomic mass is 10.1. The number of hydrogen-bond donors (Lipinski definition) is 1. The molecule has 6 heteroatoms. The van der Waals surface area contributed by atoms with Crippen LogP contribution in [0.5, 0.6) is 0 Å². The smallest absolute Gasteiger partial charge is 0.273 e. The van der Waals surface area contributed by atoms with Crippen LogP contribution in [0.15, 0.2) is 34.9 Å². The Bertz CT molecular complexity index is 718. The van der Waals surface area contributed by atoms with Crippen LogP contribution in [-0.2, 0) is 17.8 Å². The minimum Gasteiger partial charge on any atom is -0.373 e. The first kappa shape index (κ1) is 17.6. The molecule has 1 amide bonds. The Balaban J connectivity index is 1.63. The van der Waals surface area contributed by atoms with Gasteiger partial charge in [-0.1, -0.05) is 29.4 Å². The van der Waals surface area contributed by atoms with Gasteiger partial charge in [-0.05, 0) is 31.9 Å². The van der Waals surface area contributed by atoms with E-state index in [1.165, 1.54) is 5.56 Å². The van der Waals surface area contributed by atoms with E-state index in [0.29, 0.717) is 18.0 Å². The van der Waals surface area contributed by atoms with Crippen LogP contribution in [0.4, 0.5) is 0 Å². The number of aryl methyl sites for hydroxylation is 1. The van der Waals surface area contributed by atoms with Gasteiger partial charge in [-0.25, -0.2) is 0 Å². The summed E-state index contributed by atoms with van der Waals surface area (Å²) in [5.41, 5.74) is 2.65. The molecule has 0 saturated carbocycles. The minimum absolute atomic E-state index is 0.222. The Kier molecular flexibility index (Phi) is 5.50. The molecule has 2 aromatic rings. The van der Waals surface area contributed by atoms with Crippen molar-refractivity contribution in [1.82, 2.24) is 15.4 Å².